The lowest BCUT2D eigenvalue weighted by molar-refractivity contribution is -0.126. The normalized spacial score (nSPS) is 16.1. The van der Waals surface area contributed by atoms with Crippen LogP contribution in [0.4, 0.5) is 0 Å². The standard InChI is InChI=1S/C16H23N3O2.ClH/c1-16(17,12-6-3-2-4-7-12)15(21)18-11-5-8-14(20)19-13-9-10-13;/h2-4,6-7,13H,5,8-11,17H2,1H3,(H,18,21)(H,19,20);1H. The van der Waals surface area contributed by atoms with Crippen LogP contribution in [-0.4, -0.2) is 24.4 Å². The van der Waals surface area contributed by atoms with Gasteiger partial charge in [-0.3, -0.25) is 9.59 Å². The lowest BCUT2D eigenvalue weighted by Gasteiger charge is -2.24. The average Bonchev–Trinajstić information content (AvgIpc) is 3.28. The highest BCUT2D eigenvalue weighted by Gasteiger charge is 2.29. The minimum Gasteiger partial charge on any atom is -0.354 e. The van der Waals surface area contributed by atoms with Crippen molar-refractivity contribution in [2.45, 2.75) is 44.2 Å². The maximum Gasteiger partial charge on any atom is 0.244 e. The zero-order valence-corrected chi connectivity index (χ0v) is 13.6. The molecular weight excluding hydrogens is 302 g/mol. The third-order valence-corrected chi connectivity index (χ3v) is 3.65. The van der Waals surface area contributed by atoms with Gasteiger partial charge in [0.15, 0.2) is 0 Å². The maximum absolute atomic E-state index is 12.2. The van der Waals surface area contributed by atoms with Gasteiger partial charge in [0.05, 0.1) is 0 Å². The van der Waals surface area contributed by atoms with Crippen LogP contribution in [0.1, 0.15) is 38.2 Å². The van der Waals surface area contributed by atoms with Gasteiger partial charge in [-0.1, -0.05) is 30.3 Å². The van der Waals surface area contributed by atoms with E-state index in [1.807, 2.05) is 30.3 Å². The summed E-state index contributed by atoms with van der Waals surface area (Å²) in [7, 11) is 0. The zero-order chi connectivity index (χ0) is 15.3. The lowest BCUT2D eigenvalue weighted by atomic mass is 9.92. The van der Waals surface area contributed by atoms with Gasteiger partial charge in [0.25, 0.3) is 0 Å². The average molecular weight is 326 g/mol. The molecule has 1 saturated carbocycles. The Morgan fingerprint density at radius 3 is 2.50 bits per heavy atom. The van der Waals surface area contributed by atoms with Gasteiger partial charge in [0, 0.05) is 19.0 Å². The molecule has 1 unspecified atom stereocenters. The van der Waals surface area contributed by atoms with Crippen LogP contribution in [0.25, 0.3) is 0 Å². The van der Waals surface area contributed by atoms with Crippen molar-refractivity contribution in [3.05, 3.63) is 35.9 Å². The molecule has 122 valence electrons. The van der Waals surface area contributed by atoms with Crippen LogP contribution in [0.2, 0.25) is 0 Å². The second-order valence-electron chi connectivity index (χ2n) is 5.77. The zero-order valence-electron chi connectivity index (χ0n) is 12.8. The number of nitrogens with one attached hydrogen (secondary N) is 2. The smallest absolute Gasteiger partial charge is 0.244 e. The van der Waals surface area contributed by atoms with Gasteiger partial charge in [-0.2, -0.15) is 0 Å². The van der Waals surface area contributed by atoms with Gasteiger partial charge >= 0.3 is 0 Å². The predicted molar refractivity (Wildman–Crippen MR) is 88.6 cm³/mol. The van der Waals surface area contributed by atoms with E-state index in [9.17, 15) is 9.59 Å². The molecule has 1 aliphatic rings. The quantitative estimate of drug-likeness (QED) is 0.663. The summed E-state index contributed by atoms with van der Waals surface area (Å²) in [5.41, 5.74) is 5.82. The van der Waals surface area contributed by atoms with Gasteiger partial charge in [0.1, 0.15) is 5.54 Å². The van der Waals surface area contributed by atoms with Gasteiger partial charge < -0.3 is 16.4 Å². The number of benzene rings is 1. The third-order valence-electron chi connectivity index (χ3n) is 3.65. The third kappa shape index (κ3) is 5.31. The number of halogens is 1. The predicted octanol–water partition coefficient (Wildman–Crippen LogP) is 1.46. The number of hydrogen-bond acceptors (Lipinski definition) is 3. The van der Waals surface area contributed by atoms with Crippen molar-refractivity contribution in [3.8, 4) is 0 Å². The lowest BCUT2D eigenvalue weighted by Crippen LogP contribution is -2.49. The summed E-state index contributed by atoms with van der Waals surface area (Å²) in [6.07, 6.45) is 3.23. The first-order valence-electron chi connectivity index (χ1n) is 7.42. The number of nitrogens with two attached hydrogens (primary N) is 1. The molecule has 2 rings (SSSR count). The number of carbonyl (C=O) groups excluding carboxylic acids is 2. The van der Waals surface area contributed by atoms with E-state index < -0.39 is 5.54 Å². The number of rotatable bonds is 7. The van der Waals surface area contributed by atoms with Gasteiger partial charge in [-0.05, 0) is 31.7 Å². The SMILES string of the molecule is CC(N)(C(=O)NCCCC(=O)NC1CC1)c1ccccc1.Cl. The summed E-state index contributed by atoms with van der Waals surface area (Å²) in [6.45, 7) is 2.15. The number of amides is 2. The molecule has 1 atom stereocenters. The molecule has 0 radical (unpaired) electrons. The van der Waals surface area contributed by atoms with E-state index in [-0.39, 0.29) is 24.2 Å². The van der Waals surface area contributed by atoms with Crippen molar-refractivity contribution in [3.63, 3.8) is 0 Å². The van der Waals surface area contributed by atoms with Crippen molar-refractivity contribution in [1.29, 1.82) is 0 Å². The second kappa shape index (κ2) is 8.15. The van der Waals surface area contributed by atoms with E-state index in [2.05, 4.69) is 10.6 Å². The fourth-order valence-corrected chi connectivity index (χ4v) is 2.08. The first-order valence-corrected chi connectivity index (χ1v) is 7.42. The molecule has 1 aromatic carbocycles. The van der Waals surface area contributed by atoms with Crippen molar-refractivity contribution < 1.29 is 9.59 Å². The first-order chi connectivity index (χ1) is 10.00. The summed E-state index contributed by atoms with van der Waals surface area (Å²) in [5, 5.41) is 5.72. The molecule has 22 heavy (non-hydrogen) atoms. The molecule has 0 saturated heterocycles. The highest BCUT2D eigenvalue weighted by Crippen LogP contribution is 2.19. The maximum atomic E-state index is 12.2. The van der Waals surface area contributed by atoms with E-state index in [1.165, 1.54) is 0 Å². The molecule has 0 bridgehead atoms. The molecule has 0 aromatic heterocycles. The van der Waals surface area contributed by atoms with Crippen LogP contribution in [0.15, 0.2) is 30.3 Å². The minimum atomic E-state index is -1.06. The van der Waals surface area contributed by atoms with Gasteiger partial charge in [-0.15, -0.1) is 12.4 Å². The summed E-state index contributed by atoms with van der Waals surface area (Å²) in [4.78, 5) is 23.7. The Kier molecular flexibility index (Phi) is 6.84. The van der Waals surface area contributed by atoms with Crippen LogP contribution in [0, 0.1) is 0 Å². The topological polar surface area (TPSA) is 84.2 Å². The highest BCUT2D eigenvalue weighted by molar-refractivity contribution is 5.87. The Bertz CT molecular complexity index is 501. The van der Waals surface area contributed by atoms with Gasteiger partial charge in [-0.25, -0.2) is 0 Å². The van der Waals surface area contributed by atoms with Crippen molar-refractivity contribution in [2.75, 3.05) is 6.54 Å². The summed E-state index contributed by atoms with van der Waals surface area (Å²) < 4.78 is 0. The molecule has 2 amide bonds. The van der Waals surface area contributed by atoms with Crippen molar-refractivity contribution in [1.82, 2.24) is 10.6 Å². The summed E-state index contributed by atoms with van der Waals surface area (Å²) in [5.74, 6) is -0.165. The first kappa shape index (κ1) is 18.5. The molecule has 1 fully saturated rings. The molecule has 1 aliphatic carbocycles. The Hall–Kier alpha value is -1.59. The van der Waals surface area contributed by atoms with Crippen LogP contribution >= 0.6 is 12.4 Å². The number of hydrogen-bond donors (Lipinski definition) is 3. The summed E-state index contributed by atoms with van der Waals surface area (Å²) >= 11 is 0. The fourth-order valence-electron chi connectivity index (χ4n) is 2.08. The molecule has 0 aliphatic heterocycles. The van der Waals surface area contributed by atoms with E-state index in [0.717, 1.165) is 18.4 Å². The van der Waals surface area contributed by atoms with Crippen LogP contribution in [0.3, 0.4) is 0 Å². The van der Waals surface area contributed by atoms with Crippen LogP contribution < -0.4 is 16.4 Å². The molecule has 6 heteroatoms. The Morgan fingerprint density at radius 2 is 1.91 bits per heavy atom. The molecular formula is C16H24ClN3O2. The van der Waals surface area contributed by atoms with Crippen LogP contribution in [0.5, 0.6) is 0 Å². The second-order valence-corrected chi connectivity index (χ2v) is 5.77. The fraction of sp³-hybridized carbons (Fsp3) is 0.500. The molecule has 5 nitrogen and oxygen atoms in total. The molecule has 1 aromatic rings. The Labute approximate surface area is 137 Å². The Morgan fingerprint density at radius 1 is 1.27 bits per heavy atom. The minimum absolute atomic E-state index is 0. The van der Waals surface area contributed by atoms with Crippen molar-refractivity contribution >= 4 is 24.2 Å². The highest BCUT2D eigenvalue weighted by atomic mass is 35.5. The molecule has 0 heterocycles. The van der Waals surface area contributed by atoms with E-state index >= 15 is 0 Å². The Balaban J connectivity index is 0.00000242. The van der Waals surface area contributed by atoms with Gasteiger partial charge in [0.2, 0.25) is 11.8 Å². The van der Waals surface area contributed by atoms with E-state index in [4.69, 9.17) is 5.73 Å². The van der Waals surface area contributed by atoms with Crippen molar-refractivity contribution in [2.24, 2.45) is 5.73 Å². The van der Waals surface area contributed by atoms with E-state index in [1.54, 1.807) is 6.92 Å². The largest absolute Gasteiger partial charge is 0.354 e. The molecule has 0 spiro atoms. The number of carbonyl (C=O) groups is 2. The summed E-state index contributed by atoms with van der Waals surface area (Å²) in [6, 6.07) is 9.66. The van der Waals surface area contributed by atoms with Crippen LogP contribution in [-0.2, 0) is 15.1 Å². The monoisotopic (exact) mass is 325 g/mol. The molecule has 4 N–H and O–H groups in total. The van der Waals surface area contributed by atoms with E-state index in [0.29, 0.717) is 25.4 Å².